The topological polar surface area (TPSA) is 192 Å². The summed E-state index contributed by atoms with van der Waals surface area (Å²) in [7, 11) is 0. The second-order valence-electron chi connectivity index (χ2n) is 7.79. The second-order valence-corrected chi connectivity index (χ2v) is 7.79. The molecule has 36 heavy (non-hydrogen) atoms. The molecule has 0 bridgehead atoms. The molecule has 1 atom stereocenters. The highest BCUT2D eigenvalue weighted by Gasteiger charge is 2.23. The number of anilines is 2. The maximum Gasteiger partial charge on any atom is 0.337 e. The molecule has 4 aromatic rings. The van der Waals surface area contributed by atoms with Crippen LogP contribution in [0.15, 0.2) is 59.1 Å². The zero-order valence-corrected chi connectivity index (χ0v) is 18.8. The summed E-state index contributed by atoms with van der Waals surface area (Å²) in [5, 5.41) is 37.6. The van der Waals surface area contributed by atoms with Crippen molar-refractivity contribution in [2.45, 2.75) is 13.2 Å². The minimum absolute atomic E-state index is 0.0486. The Kier molecular flexibility index (Phi) is 6.36. The first-order valence-electron chi connectivity index (χ1n) is 10.6. The SMILES string of the molecule is CC(O)Nc1ccccc1-c1cc2onc(C(=O)Nc3ccc(C#N)cc3C(=O)O)c2cc1C(N)=O. The van der Waals surface area contributed by atoms with Crippen LogP contribution >= 0.6 is 0 Å². The normalized spacial score (nSPS) is 11.5. The van der Waals surface area contributed by atoms with Gasteiger partial charge >= 0.3 is 5.97 Å². The molecule has 2 amide bonds. The van der Waals surface area contributed by atoms with Crippen LogP contribution in [0.2, 0.25) is 0 Å². The third kappa shape index (κ3) is 4.56. The number of carboxylic acids is 1. The highest BCUT2D eigenvalue weighted by atomic mass is 16.5. The van der Waals surface area contributed by atoms with Crippen LogP contribution in [-0.4, -0.2) is 39.4 Å². The zero-order valence-electron chi connectivity index (χ0n) is 18.8. The van der Waals surface area contributed by atoms with Gasteiger partial charge in [-0.15, -0.1) is 0 Å². The van der Waals surface area contributed by atoms with Crippen molar-refractivity contribution < 1.29 is 29.1 Å². The van der Waals surface area contributed by atoms with Gasteiger partial charge in [-0.2, -0.15) is 5.26 Å². The van der Waals surface area contributed by atoms with Gasteiger partial charge in [0.1, 0.15) is 6.23 Å². The lowest BCUT2D eigenvalue weighted by Crippen LogP contribution is -2.17. The van der Waals surface area contributed by atoms with E-state index in [9.17, 15) is 24.6 Å². The number of aliphatic hydroxyl groups excluding tert-OH is 1. The number of rotatable bonds is 7. The van der Waals surface area contributed by atoms with Gasteiger partial charge in [-0.1, -0.05) is 23.4 Å². The molecule has 1 unspecified atom stereocenters. The van der Waals surface area contributed by atoms with Gasteiger partial charge in [-0.05, 0) is 43.3 Å². The maximum absolute atomic E-state index is 13.0. The van der Waals surface area contributed by atoms with Crippen molar-refractivity contribution in [3.05, 3.63) is 77.0 Å². The van der Waals surface area contributed by atoms with Crippen molar-refractivity contribution in [2.24, 2.45) is 5.73 Å². The second kappa shape index (κ2) is 9.57. The summed E-state index contributed by atoms with van der Waals surface area (Å²) >= 11 is 0. The molecule has 6 N–H and O–H groups in total. The van der Waals surface area contributed by atoms with E-state index in [1.165, 1.54) is 24.3 Å². The van der Waals surface area contributed by atoms with E-state index in [1.807, 2.05) is 6.07 Å². The Labute approximate surface area is 203 Å². The maximum atomic E-state index is 13.0. The molecule has 0 spiro atoms. The van der Waals surface area contributed by atoms with Crippen LogP contribution in [0, 0.1) is 11.3 Å². The van der Waals surface area contributed by atoms with E-state index in [4.69, 9.17) is 15.5 Å². The number of nitrogens with zero attached hydrogens (tertiary/aromatic N) is 2. The molecule has 180 valence electrons. The lowest BCUT2D eigenvalue weighted by molar-refractivity contribution is 0.0697. The van der Waals surface area contributed by atoms with E-state index < -0.39 is 24.0 Å². The molecule has 3 aromatic carbocycles. The van der Waals surface area contributed by atoms with Crippen LogP contribution in [0.4, 0.5) is 11.4 Å². The molecular formula is C25H19N5O6. The number of nitrogens with one attached hydrogen (secondary N) is 2. The van der Waals surface area contributed by atoms with E-state index in [-0.39, 0.29) is 39.0 Å². The molecule has 1 aromatic heterocycles. The number of carbonyl (C=O) groups is 3. The van der Waals surface area contributed by atoms with Gasteiger partial charge in [0, 0.05) is 22.4 Å². The molecule has 11 nitrogen and oxygen atoms in total. The first-order valence-corrected chi connectivity index (χ1v) is 10.6. The fraction of sp³-hybridized carbons (Fsp3) is 0.0800. The van der Waals surface area contributed by atoms with Crippen molar-refractivity contribution in [1.82, 2.24) is 5.16 Å². The van der Waals surface area contributed by atoms with E-state index in [2.05, 4.69) is 15.8 Å². The average molecular weight is 485 g/mol. The highest BCUT2D eigenvalue weighted by Crippen LogP contribution is 2.35. The molecule has 0 aliphatic heterocycles. The summed E-state index contributed by atoms with van der Waals surface area (Å²) < 4.78 is 5.35. The van der Waals surface area contributed by atoms with Crippen LogP contribution in [0.25, 0.3) is 22.1 Å². The standard InChI is InChI=1S/C25H19N5O6/c1-12(31)28-19-5-3-2-4-14(19)15-10-21-18(9-16(15)23(27)32)22(30-36-21)24(33)29-20-7-6-13(11-26)8-17(20)25(34)35/h2-10,12,28,31H,1H3,(H2,27,32)(H,29,33)(H,34,35). The minimum Gasteiger partial charge on any atom is -0.478 e. The number of benzene rings is 3. The molecule has 0 saturated carbocycles. The number of nitriles is 1. The Balaban J connectivity index is 1.79. The van der Waals surface area contributed by atoms with Gasteiger partial charge in [0.05, 0.1) is 28.3 Å². The number of nitrogens with two attached hydrogens (primary N) is 1. The average Bonchev–Trinajstić information content (AvgIpc) is 3.26. The lowest BCUT2D eigenvalue weighted by Gasteiger charge is -2.16. The number of para-hydroxylation sites is 1. The molecule has 1 heterocycles. The number of fused-ring (bicyclic) bond motifs is 1. The fourth-order valence-corrected chi connectivity index (χ4v) is 3.73. The highest BCUT2D eigenvalue weighted by molar-refractivity contribution is 6.15. The summed E-state index contributed by atoms with van der Waals surface area (Å²) in [6.07, 6.45) is -0.870. The number of hydrogen-bond donors (Lipinski definition) is 5. The molecule has 0 radical (unpaired) electrons. The van der Waals surface area contributed by atoms with Crippen LogP contribution in [0.5, 0.6) is 0 Å². The molecule has 0 saturated heterocycles. The molecule has 11 heteroatoms. The summed E-state index contributed by atoms with van der Waals surface area (Å²) in [6, 6.07) is 15.4. The largest absolute Gasteiger partial charge is 0.478 e. The smallest absolute Gasteiger partial charge is 0.337 e. The number of carbonyl (C=O) groups excluding carboxylic acids is 2. The van der Waals surface area contributed by atoms with Gasteiger partial charge < -0.3 is 31.1 Å². The predicted molar refractivity (Wildman–Crippen MR) is 129 cm³/mol. The van der Waals surface area contributed by atoms with Gasteiger partial charge in [0.15, 0.2) is 11.3 Å². The van der Waals surface area contributed by atoms with Gasteiger partial charge in [-0.3, -0.25) is 9.59 Å². The molecule has 0 aliphatic rings. The lowest BCUT2D eigenvalue weighted by atomic mass is 9.95. The molecule has 0 aliphatic carbocycles. The Morgan fingerprint density at radius 3 is 2.47 bits per heavy atom. The summed E-state index contributed by atoms with van der Waals surface area (Å²) in [5.41, 5.74) is 6.95. The monoisotopic (exact) mass is 485 g/mol. The Morgan fingerprint density at radius 1 is 1.06 bits per heavy atom. The molecule has 4 rings (SSSR count). The van der Waals surface area contributed by atoms with Gasteiger partial charge in [0.25, 0.3) is 5.91 Å². The fourth-order valence-electron chi connectivity index (χ4n) is 3.73. The Hall–Kier alpha value is -5.21. The third-order valence-corrected chi connectivity index (χ3v) is 5.30. The number of hydrogen-bond acceptors (Lipinski definition) is 8. The van der Waals surface area contributed by atoms with Crippen LogP contribution in [-0.2, 0) is 0 Å². The van der Waals surface area contributed by atoms with Crippen molar-refractivity contribution in [3.63, 3.8) is 0 Å². The molecule has 0 fully saturated rings. The predicted octanol–water partition coefficient (Wildman–Crippen LogP) is 3.17. The summed E-state index contributed by atoms with van der Waals surface area (Å²) in [4.78, 5) is 36.9. The van der Waals surface area contributed by atoms with Crippen LogP contribution in [0.1, 0.15) is 43.7 Å². The van der Waals surface area contributed by atoms with E-state index in [1.54, 1.807) is 31.2 Å². The van der Waals surface area contributed by atoms with Crippen LogP contribution < -0.4 is 16.4 Å². The first kappa shape index (κ1) is 23.9. The van der Waals surface area contributed by atoms with Crippen molar-refractivity contribution in [2.75, 3.05) is 10.6 Å². The van der Waals surface area contributed by atoms with Gasteiger partial charge in [-0.25, -0.2) is 4.79 Å². The Bertz CT molecular complexity index is 1570. The van der Waals surface area contributed by atoms with E-state index >= 15 is 0 Å². The first-order chi connectivity index (χ1) is 17.2. The van der Waals surface area contributed by atoms with Crippen molar-refractivity contribution in [1.29, 1.82) is 5.26 Å². The quantitative estimate of drug-likeness (QED) is 0.245. The zero-order chi connectivity index (χ0) is 26.0. The van der Waals surface area contributed by atoms with E-state index in [0.29, 0.717) is 16.8 Å². The third-order valence-electron chi connectivity index (χ3n) is 5.30. The number of primary amides is 1. The summed E-state index contributed by atoms with van der Waals surface area (Å²) in [6.45, 7) is 1.54. The van der Waals surface area contributed by atoms with Gasteiger partial charge in [0.2, 0.25) is 5.91 Å². The Morgan fingerprint density at radius 2 is 1.81 bits per heavy atom. The number of aliphatic hydroxyl groups is 1. The number of amides is 2. The van der Waals surface area contributed by atoms with Crippen LogP contribution in [0.3, 0.4) is 0 Å². The minimum atomic E-state index is -1.34. The number of aromatic nitrogens is 1. The van der Waals surface area contributed by atoms with E-state index in [0.717, 1.165) is 6.07 Å². The number of carboxylic acid groups (broad SMARTS) is 1. The molecular weight excluding hydrogens is 466 g/mol. The van der Waals surface area contributed by atoms with Crippen molar-refractivity contribution in [3.8, 4) is 17.2 Å². The van der Waals surface area contributed by atoms with Crippen molar-refractivity contribution >= 4 is 40.1 Å². The summed E-state index contributed by atoms with van der Waals surface area (Å²) in [5.74, 6) is -2.90. The number of aromatic carboxylic acids is 1.